The summed E-state index contributed by atoms with van der Waals surface area (Å²) in [5.41, 5.74) is 1.91. The lowest BCUT2D eigenvalue weighted by Crippen LogP contribution is -2.35. The molecule has 0 spiro atoms. The van der Waals surface area contributed by atoms with Crippen molar-refractivity contribution in [2.24, 2.45) is 5.92 Å². The van der Waals surface area contributed by atoms with Gasteiger partial charge >= 0.3 is 0 Å². The molecular weight excluding hydrogens is 312 g/mol. The molecule has 1 atom stereocenters. The number of nitrogens with one attached hydrogen (secondary N) is 1. The topological polar surface area (TPSA) is 79.2 Å². The fourth-order valence-corrected chi connectivity index (χ4v) is 4.49. The Morgan fingerprint density at radius 2 is 2.00 bits per heavy atom. The molecule has 7 heteroatoms. The van der Waals surface area contributed by atoms with Crippen molar-refractivity contribution in [1.29, 1.82) is 4.78 Å². The lowest BCUT2D eigenvalue weighted by atomic mass is 9.98. The Morgan fingerprint density at radius 3 is 2.65 bits per heavy atom. The minimum absolute atomic E-state index is 0.380. The number of pyridine rings is 2. The molecule has 3 rings (SSSR count). The van der Waals surface area contributed by atoms with E-state index in [1.807, 2.05) is 12.1 Å². The van der Waals surface area contributed by atoms with E-state index >= 15 is 0 Å². The standard InChI is InChI=1S/C16H22N4O2S/c1-22-16-15-13(3-7-19-16)14(4-8-18-15)20-9-5-12(6-10-20)11-23(2,17)21/h3-4,7-8,12,17H,5-6,9-11H2,1-2H3. The number of methoxy groups -OCH3 is 1. The molecular formula is C16H22N4O2S. The van der Waals surface area contributed by atoms with E-state index in [4.69, 9.17) is 9.52 Å². The highest BCUT2D eigenvalue weighted by atomic mass is 32.2. The molecule has 1 unspecified atom stereocenters. The van der Waals surface area contributed by atoms with Gasteiger partial charge in [-0.15, -0.1) is 0 Å². The Hall–Kier alpha value is -1.89. The Morgan fingerprint density at radius 1 is 1.30 bits per heavy atom. The first-order chi connectivity index (χ1) is 11.0. The number of anilines is 1. The summed E-state index contributed by atoms with van der Waals surface area (Å²) >= 11 is 0. The lowest BCUT2D eigenvalue weighted by molar-refractivity contribution is 0.402. The van der Waals surface area contributed by atoms with E-state index in [9.17, 15) is 4.21 Å². The highest BCUT2D eigenvalue weighted by Crippen LogP contribution is 2.32. The van der Waals surface area contributed by atoms with Crippen molar-refractivity contribution in [2.45, 2.75) is 12.8 Å². The van der Waals surface area contributed by atoms with Gasteiger partial charge in [0.25, 0.3) is 0 Å². The molecule has 0 saturated carbocycles. The Labute approximate surface area is 136 Å². The minimum atomic E-state index is -2.40. The third-order valence-electron chi connectivity index (χ3n) is 4.30. The average molecular weight is 334 g/mol. The van der Waals surface area contributed by atoms with Crippen LogP contribution >= 0.6 is 0 Å². The normalized spacial score (nSPS) is 18.8. The molecule has 1 N–H and O–H groups in total. The molecule has 1 aliphatic rings. The van der Waals surface area contributed by atoms with E-state index in [0.717, 1.165) is 42.5 Å². The van der Waals surface area contributed by atoms with E-state index in [1.54, 1.807) is 19.5 Å². The van der Waals surface area contributed by atoms with Gasteiger partial charge in [-0.05, 0) is 30.9 Å². The van der Waals surface area contributed by atoms with Crippen molar-refractivity contribution < 1.29 is 8.95 Å². The van der Waals surface area contributed by atoms with Crippen LogP contribution < -0.4 is 9.64 Å². The molecule has 0 aliphatic carbocycles. The van der Waals surface area contributed by atoms with Gasteiger partial charge in [-0.1, -0.05) is 0 Å². The summed E-state index contributed by atoms with van der Waals surface area (Å²) < 4.78 is 24.6. The fourth-order valence-electron chi connectivity index (χ4n) is 3.25. The number of fused-ring (bicyclic) bond motifs is 1. The Kier molecular flexibility index (Phi) is 4.39. The van der Waals surface area contributed by atoms with Crippen molar-refractivity contribution >= 4 is 26.3 Å². The van der Waals surface area contributed by atoms with Crippen LogP contribution in [0.4, 0.5) is 5.69 Å². The highest BCUT2D eigenvalue weighted by molar-refractivity contribution is 7.91. The molecule has 124 valence electrons. The van der Waals surface area contributed by atoms with Crippen molar-refractivity contribution in [3.8, 4) is 5.88 Å². The smallest absolute Gasteiger partial charge is 0.240 e. The first-order valence-corrected chi connectivity index (χ1v) is 9.85. The Balaban J connectivity index is 1.83. The molecule has 23 heavy (non-hydrogen) atoms. The molecule has 3 heterocycles. The molecule has 1 aliphatic heterocycles. The molecule has 2 aromatic heterocycles. The largest absolute Gasteiger partial charge is 0.479 e. The molecule has 2 aromatic rings. The molecule has 6 nitrogen and oxygen atoms in total. The first kappa shape index (κ1) is 16.0. The SMILES string of the molecule is COc1nccc2c(N3CCC(CS(C)(=N)=O)CC3)ccnc12. The summed E-state index contributed by atoms with van der Waals surface area (Å²) in [7, 11) is -0.801. The summed E-state index contributed by atoms with van der Waals surface area (Å²) in [6, 6.07) is 3.99. The maximum Gasteiger partial charge on any atom is 0.240 e. The maximum absolute atomic E-state index is 11.7. The molecule has 1 fully saturated rings. The zero-order chi connectivity index (χ0) is 16.4. The average Bonchev–Trinajstić information content (AvgIpc) is 2.53. The number of piperidine rings is 1. The van der Waals surface area contributed by atoms with Gasteiger partial charge in [-0.2, -0.15) is 0 Å². The van der Waals surface area contributed by atoms with Gasteiger partial charge < -0.3 is 9.64 Å². The predicted octanol–water partition coefficient (Wildman–Crippen LogP) is 2.53. The van der Waals surface area contributed by atoms with Gasteiger partial charge in [0, 0.05) is 58.3 Å². The van der Waals surface area contributed by atoms with Crippen molar-refractivity contribution in [3.05, 3.63) is 24.5 Å². The van der Waals surface area contributed by atoms with Crippen molar-refractivity contribution in [3.63, 3.8) is 0 Å². The van der Waals surface area contributed by atoms with Crippen LogP contribution in [0.2, 0.25) is 0 Å². The van der Waals surface area contributed by atoms with Crippen molar-refractivity contribution in [1.82, 2.24) is 9.97 Å². The fraction of sp³-hybridized carbons (Fsp3) is 0.500. The van der Waals surface area contributed by atoms with Crippen LogP contribution in [0, 0.1) is 10.7 Å². The number of hydrogen-bond donors (Lipinski definition) is 1. The molecule has 0 aromatic carbocycles. The van der Waals surface area contributed by atoms with Crippen LogP contribution in [0.1, 0.15) is 12.8 Å². The monoisotopic (exact) mass is 334 g/mol. The Bertz CT molecular complexity index is 799. The van der Waals surface area contributed by atoms with Crippen LogP contribution in [0.25, 0.3) is 10.9 Å². The minimum Gasteiger partial charge on any atom is -0.479 e. The van der Waals surface area contributed by atoms with Crippen LogP contribution in [-0.2, 0) is 9.73 Å². The number of hydrogen-bond acceptors (Lipinski definition) is 6. The summed E-state index contributed by atoms with van der Waals surface area (Å²) in [6.07, 6.45) is 7.00. The summed E-state index contributed by atoms with van der Waals surface area (Å²) in [5, 5.41) is 1.04. The molecule has 0 amide bonds. The van der Waals surface area contributed by atoms with Gasteiger partial charge in [0.15, 0.2) is 0 Å². The second kappa shape index (κ2) is 6.31. The molecule has 0 radical (unpaired) electrons. The van der Waals surface area contributed by atoms with E-state index in [1.165, 1.54) is 6.26 Å². The summed E-state index contributed by atoms with van der Waals surface area (Å²) in [4.78, 5) is 10.9. The van der Waals surface area contributed by atoms with Crippen LogP contribution in [0.5, 0.6) is 5.88 Å². The van der Waals surface area contributed by atoms with E-state index in [-0.39, 0.29) is 0 Å². The quantitative estimate of drug-likeness (QED) is 0.929. The van der Waals surface area contributed by atoms with Crippen LogP contribution in [-0.4, -0.2) is 46.4 Å². The third-order valence-corrected chi connectivity index (χ3v) is 5.41. The second-order valence-electron chi connectivity index (χ2n) is 6.15. The number of nitrogens with zero attached hydrogens (tertiary/aromatic N) is 3. The van der Waals surface area contributed by atoms with E-state index in [2.05, 4.69) is 14.9 Å². The molecule has 0 bridgehead atoms. The maximum atomic E-state index is 11.7. The van der Waals surface area contributed by atoms with Gasteiger partial charge in [0.2, 0.25) is 5.88 Å². The van der Waals surface area contributed by atoms with Crippen LogP contribution in [0.3, 0.4) is 0 Å². The predicted molar refractivity (Wildman–Crippen MR) is 92.7 cm³/mol. The molecule has 1 saturated heterocycles. The highest BCUT2D eigenvalue weighted by Gasteiger charge is 2.23. The summed E-state index contributed by atoms with van der Waals surface area (Å²) in [5.74, 6) is 1.43. The first-order valence-electron chi connectivity index (χ1n) is 7.72. The van der Waals surface area contributed by atoms with Gasteiger partial charge in [0.05, 0.1) is 7.11 Å². The van der Waals surface area contributed by atoms with Crippen LogP contribution in [0.15, 0.2) is 24.5 Å². The second-order valence-corrected chi connectivity index (χ2v) is 8.49. The number of rotatable bonds is 4. The van der Waals surface area contributed by atoms with E-state index < -0.39 is 9.73 Å². The zero-order valence-electron chi connectivity index (χ0n) is 13.5. The summed E-state index contributed by atoms with van der Waals surface area (Å²) in [6.45, 7) is 1.81. The lowest BCUT2D eigenvalue weighted by Gasteiger charge is -2.34. The number of ether oxygens (including phenoxy) is 1. The third kappa shape index (κ3) is 3.55. The van der Waals surface area contributed by atoms with Gasteiger partial charge in [0.1, 0.15) is 5.52 Å². The van der Waals surface area contributed by atoms with E-state index in [0.29, 0.717) is 17.6 Å². The zero-order valence-corrected chi connectivity index (χ0v) is 14.3. The number of aromatic nitrogens is 2. The van der Waals surface area contributed by atoms with Crippen molar-refractivity contribution in [2.75, 3.05) is 37.1 Å². The van der Waals surface area contributed by atoms with Gasteiger partial charge in [-0.25, -0.2) is 4.98 Å². The van der Waals surface area contributed by atoms with Gasteiger partial charge in [-0.3, -0.25) is 14.0 Å².